The van der Waals surface area contributed by atoms with Crippen molar-refractivity contribution in [2.45, 2.75) is 57.2 Å². The van der Waals surface area contributed by atoms with E-state index in [4.69, 9.17) is 4.74 Å². The summed E-state index contributed by atoms with van der Waals surface area (Å²) in [5.41, 5.74) is -0.589. The molecule has 2 N–H and O–H groups in total. The average Bonchev–Trinajstić information content (AvgIpc) is 2.42. The van der Waals surface area contributed by atoms with Crippen LogP contribution in [-0.2, 0) is 4.74 Å². The van der Waals surface area contributed by atoms with E-state index in [-0.39, 0.29) is 5.60 Å². The van der Waals surface area contributed by atoms with E-state index in [0.717, 1.165) is 45.2 Å². The number of rotatable bonds is 4. The highest BCUT2D eigenvalue weighted by molar-refractivity contribution is 4.85. The largest absolute Gasteiger partial charge is 0.390 e. The molecule has 1 aliphatic rings. The van der Waals surface area contributed by atoms with E-state index in [9.17, 15) is 5.11 Å². The minimum absolute atomic E-state index is 0.116. The third kappa shape index (κ3) is 4.49. The van der Waals surface area contributed by atoms with Crippen LogP contribution in [0.3, 0.4) is 0 Å². The lowest BCUT2D eigenvalue weighted by Crippen LogP contribution is -2.34. The molecule has 15 heavy (non-hydrogen) atoms. The predicted molar refractivity (Wildman–Crippen MR) is 62.0 cm³/mol. The van der Waals surface area contributed by atoms with Crippen molar-refractivity contribution in [3.63, 3.8) is 0 Å². The second kappa shape index (κ2) is 5.28. The Morgan fingerprint density at radius 2 is 2.07 bits per heavy atom. The summed E-state index contributed by atoms with van der Waals surface area (Å²) in [6.07, 6.45) is 4.62. The van der Waals surface area contributed by atoms with E-state index in [0.29, 0.717) is 0 Å². The molecular formula is C12H25NO2. The van der Waals surface area contributed by atoms with Crippen LogP contribution in [0.1, 0.15) is 46.0 Å². The summed E-state index contributed by atoms with van der Waals surface area (Å²) < 4.78 is 5.38. The summed E-state index contributed by atoms with van der Waals surface area (Å²) in [7, 11) is 1.73. The highest BCUT2D eigenvalue weighted by Gasteiger charge is 2.30. The maximum atomic E-state index is 10.4. The molecule has 1 rings (SSSR count). The Hall–Kier alpha value is -0.120. The molecule has 0 radical (unpaired) electrons. The topological polar surface area (TPSA) is 41.5 Å². The number of hydrogen-bond acceptors (Lipinski definition) is 3. The lowest BCUT2D eigenvalue weighted by Gasteiger charge is -2.31. The number of aliphatic hydroxyl groups is 1. The fraction of sp³-hybridized carbons (Fsp3) is 1.00. The van der Waals surface area contributed by atoms with Gasteiger partial charge < -0.3 is 15.2 Å². The number of ether oxygens (including phenoxy) is 1. The zero-order valence-corrected chi connectivity index (χ0v) is 10.3. The normalized spacial score (nSPS) is 28.8. The van der Waals surface area contributed by atoms with Crippen LogP contribution in [0.4, 0.5) is 0 Å². The van der Waals surface area contributed by atoms with Gasteiger partial charge in [-0.15, -0.1) is 0 Å². The molecule has 0 aliphatic carbocycles. The molecule has 1 fully saturated rings. The summed E-state index contributed by atoms with van der Waals surface area (Å²) in [4.78, 5) is 0. The fourth-order valence-electron chi connectivity index (χ4n) is 2.00. The van der Waals surface area contributed by atoms with Gasteiger partial charge in [-0.05, 0) is 59.0 Å². The molecule has 0 aromatic rings. The molecule has 1 atom stereocenters. The maximum Gasteiger partial charge on any atom is 0.0661 e. The molecule has 3 nitrogen and oxygen atoms in total. The monoisotopic (exact) mass is 215 g/mol. The van der Waals surface area contributed by atoms with Crippen LogP contribution in [0.2, 0.25) is 0 Å². The van der Waals surface area contributed by atoms with Gasteiger partial charge in [-0.25, -0.2) is 0 Å². The third-order valence-electron chi connectivity index (χ3n) is 3.51. The van der Waals surface area contributed by atoms with Crippen molar-refractivity contribution in [1.29, 1.82) is 0 Å². The molecule has 0 saturated carbocycles. The van der Waals surface area contributed by atoms with Crippen molar-refractivity contribution in [3.05, 3.63) is 0 Å². The van der Waals surface area contributed by atoms with E-state index < -0.39 is 5.60 Å². The van der Waals surface area contributed by atoms with Crippen molar-refractivity contribution in [3.8, 4) is 0 Å². The van der Waals surface area contributed by atoms with Crippen molar-refractivity contribution in [1.82, 2.24) is 5.32 Å². The number of hydrogen-bond donors (Lipinski definition) is 2. The number of methoxy groups -OCH3 is 1. The van der Waals surface area contributed by atoms with E-state index in [1.54, 1.807) is 7.11 Å². The van der Waals surface area contributed by atoms with E-state index >= 15 is 0 Å². The third-order valence-corrected chi connectivity index (χ3v) is 3.51. The highest BCUT2D eigenvalue weighted by Crippen LogP contribution is 2.28. The van der Waals surface area contributed by atoms with Crippen LogP contribution in [-0.4, -0.2) is 36.5 Å². The second-order valence-corrected chi connectivity index (χ2v) is 5.29. The standard InChI is InChI=1S/C12H25NO2/c1-11(2,15-3)6-7-12(14)5-4-9-13-10-8-12/h13-14H,4-10H2,1-3H3. The molecule has 0 bridgehead atoms. The lowest BCUT2D eigenvalue weighted by molar-refractivity contribution is -0.0312. The van der Waals surface area contributed by atoms with E-state index in [1.807, 2.05) is 0 Å². The van der Waals surface area contributed by atoms with Gasteiger partial charge in [0.2, 0.25) is 0 Å². The van der Waals surface area contributed by atoms with Gasteiger partial charge in [0.25, 0.3) is 0 Å². The molecule has 90 valence electrons. The first-order valence-electron chi connectivity index (χ1n) is 5.96. The SMILES string of the molecule is COC(C)(C)CCC1(O)CCCNCC1. The van der Waals surface area contributed by atoms with Crippen LogP contribution in [0, 0.1) is 0 Å². The van der Waals surface area contributed by atoms with Crippen molar-refractivity contribution >= 4 is 0 Å². The van der Waals surface area contributed by atoms with Crippen molar-refractivity contribution in [2.24, 2.45) is 0 Å². The molecule has 3 heteroatoms. The Balaban J connectivity index is 2.40. The summed E-state index contributed by atoms with van der Waals surface area (Å²) in [5, 5.41) is 13.7. The zero-order chi connectivity index (χ0) is 11.4. The summed E-state index contributed by atoms with van der Waals surface area (Å²) in [5.74, 6) is 0. The van der Waals surface area contributed by atoms with Gasteiger partial charge in [-0.1, -0.05) is 0 Å². The lowest BCUT2D eigenvalue weighted by atomic mass is 9.86. The summed E-state index contributed by atoms with van der Waals surface area (Å²) in [6, 6.07) is 0. The fourth-order valence-corrected chi connectivity index (χ4v) is 2.00. The highest BCUT2D eigenvalue weighted by atomic mass is 16.5. The first-order chi connectivity index (χ1) is 6.97. The Bertz CT molecular complexity index is 184. The predicted octanol–water partition coefficient (Wildman–Crippen LogP) is 1.70. The Kier molecular flexibility index (Phi) is 4.56. The van der Waals surface area contributed by atoms with E-state index in [1.165, 1.54) is 0 Å². The Morgan fingerprint density at radius 1 is 1.33 bits per heavy atom. The molecular weight excluding hydrogens is 190 g/mol. The van der Waals surface area contributed by atoms with Crippen LogP contribution in [0.5, 0.6) is 0 Å². The summed E-state index contributed by atoms with van der Waals surface area (Å²) >= 11 is 0. The van der Waals surface area contributed by atoms with Gasteiger partial charge in [0.1, 0.15) is 0 Å². The molecule has 0 amide bonds. The molecule has 1 unspecified atom stereocenters. The van der Waals surface area contributed by atoms with Gasteiger partial charge in [0.05, 0.1) is 11.2 Å². The maximum absolute atomic E-state index is 10.4. The second-order valence-electron chi connectivity index (χ2n) is 5.29. The van der Waals surface area contributed by atoms with Crippen LogP contribution >= 0.6 is 0 Å². The first-order valence-corrected chi connectivity index (χ1v) is 5.96. The van der Waals surface area contributed by atoms with Gasteiger partial charge in [0, 0.05) is 7.11 Å². The Labute approximate surface area is 93.2 Å². The van der Waals surface area contributed by atoms with Gasteiger partial charge in [-0.3, -0.25) is 0 Å². The molecule has 0 aromatic heterocycles. The summed E-state index contributed by atoms with van der Waals surface area (Å²) in [6.45, 7) is 6.12. The van der Waals surface area contributed by atoms with Gasteiger partial charge in [0.15, 0.2) is 0 Å². The van der Waals surface area contributed by atoms with E-state index in [2.05, 4.69) is 19.2 Å². The zero-order valence-electron chi connectivity index (χ0n) is 10.3. The average molecular weight is 215 g/mol. The first kappa shape index (κ1) is 12.9. The Morgan fingerprint density at radius 3 is 2.73 bits per heavy atom. The molecule has 1 heterocycles. The van der Waals surface area contributed by atoms with Crippen LogP contribution in [0.25, 0.3) is 0 Å². The minimum Gasteiger partial charge on any atom is -0.390 e. The molecule has 0 spiro atoms. The molecule has 0 aromatic carbocycles. The number of nitrogens with one attached hydrogen (secondary N) is 1. The molecule has 1 saturated heterocycles. The minimum atomic E-state index is -0.473. The van der Waals surface area contributed by atoms with Crippen molar-refractivity contribution < 1.29 is 9.84 Å². The van der Waals surface area contributed by atoms with Crippen LogP contribution in [0.15, 0.2) is 0 Å². The van der Waals surface area contributed by atoms with Gasteiger partial charge in [-0.2, -0.15) is 0 Å². The van der Waals surface area contributed by atoms with Crippen LogP contribution < -0.4 is 5.32 Å². The quantitative estimate of drug-likeness (QED) is 0.750. The smallest absolute Gasteiger partial charge is 0.0661 e. The molecule has 1 aliphatic heterocycles. The van der Waals surface area contributed by atoms with Crippen molar-refractivity contribution in [2.75, 3.05) is 20.2 Å². The van der Waals surface area contributed by atoms with Gasteiger partial charge >= 0.3 is 0 Å².